The summed E-state index contributed by atoms with van der Waals surface area (Å²) in [7, 11) is 0. The average Bonchev–Trinajstić information content (AvgIpc) is 2.61. The van der Waals surface area contributed by atoms with Crippen LogP contribution in [0.1, 0.15) is 36.9 Å². The van der Waals surface area contributed by atoms with E-state index < -0.39 is 0 Å². The van der Waals surface area contributed by atoms with Gasteiger partial charge < -0.3 is 15.5 Å². The molecule has 0 spiro atoms. The number of nitrogens with two attached hydrogens (primary N) is 1. The lowest BCUT2D eigenvalue weighted by atomic mass is 9.97. The average molecular weight is 247 g/mol. The van der Waals surface area contributed by atoms with Crippen molar-refractivity contribution in [2.45, 2.75) is 27.3 Å². The van der Waals surface area contributed by atoms with Crippen molar-refractivity contribution in [2.75, 3.05) is 6.54 Å². The SMILES string of the molecule is CC(C)(C)CNC(=O)c1coc(CN)c1.Cl. The van der Waals surface area contributed by atoms with E-state index in [4.69, 9.17) is 10.2 Å². The number of hydrogen-bond donors (Lipinski definition) is 2. The summed E-state index contributed by atoms with van der Waals surface area (Å²) in [6.45, 7) is 7.14. The summed E-state index contributed by atoms with van der Waals surface area (Å²) in [5, 5.41) is 2.84. The van der Waals surface area contributed by atoms with Crippen molar-refractivity contribution >= 4 is 18.3 Å². The Labute approximate surface area is 102 Å². The molecule has 0 aliphatic rings. The molecule has 16 heavy (non-hydrogen) atoms. The molecule has 0 radical (unpaired) electrons. The molecular formula is C11H19ClN2O2. The van der Waals surface area contributed by atoms with Crippen LogP contribution in [0, 0.1) is 5.41 Å². The maximum Gasteiger partial charge on any atom is 0.254 e. The standard InChI is InChI=1S/C11H18N2O2.ClH/c1-11(2,3)7-13-10(14)8-4-9(5-12)15-6-8;/h4,6H,5,7,12H2,1-3H3,(H,13,14);1H. The van der Waals surface area contributed by atoms with Crippen molar-refractivity contribution in [3.8, 4) is 0 Å². The third kappa shape index (κ3) is 4.68. The van der Waals surface area contributed by atoms with E-state index in [1.165, 1.54) is 6.26 Å². The van der Waals surface area contributed by atoms with E-state index in [0.717, 1.165) is 0 Å². The van der Waals surface area contributed by atoms with Crippen molar-refractivity contribution in [1.29, 1.82) is 0 Å². The summed E-state index contributed by atoms with van der Waals surface area (Å²) in [4.78, 5) is 11.6. The van der Waals surface area contributed by atoms with Crippen LogP contribution < -0.4 is 11.1 Å². The minimum absolute atomic E-state index is 0. The molecule has 92 valence electrons. The molecule has 0 atom stereocenters. The van der Waals surface area contributed by atoms with Gasteiger partial charge in [-0.25, -0.2) is 0 Å². The Morgan fingerprint density at radius 1 is 1.50 bits per heavy atom. The van der Waals surface area contributed by atoms with Crippen molar-refractivity contribution in [3.05, 3.63) is 23.7 Å². The lowest BCUT2D eigenvalue weighted by Gasteiger charge is -2.18. The number of rotatable bonds is 3. The van der Waals surface area contributed by atoms with Crippen LogP contribution >= 0.6 is 12.4 Å². The molecule has 3 N–H and O–H groups in total. The summed E-state index contributed by atoms with van der Waals surface area (Å²) in [5.41, 5.74) is 5.99. The fraction of sp³-hybridized carbons (Fsp3) is 0.545. The first-order chi connectivity index (χ1) is 6.92. The number of furan rings is 1. The van der Waals surface area contributed by atoms with E-state index in [2.05, 4.69) is 26.1 Å². The van der Waals surface area contributed by atoms with E-state index in [-0.39, 0.29) is 23.7 Å². The predicted octanol–water partition coefficient (Wildman–Crippen LogP) is 1.94. The van der Waals surface area contributed by atoms with Gasteiger partial charge in [-0.05, 0) is 11.5 Å². The second-order valence-electron chi connectivity index (χ2n) is 4.75. The molecular weight excluding hydrogens is 228 g/mol. The van der Waals surface area contributed by atoms with Crippen LogP contribution in [0.3, 0.4) is 0 Å². The van der Waals surface area contributed by atoms with Gasteiger partial charge in [0.2, 0.25) is 0 Å². The van der Waals surface area contributed by atoms with Gasteiger partial charge >= 0.3 is 0 Å². The highest BCUT2D eigenvalue weighted by atomic mass is 35.5. The van der Waals surface area contributed by atoms with Gasteiger partial charge in [0.25, 0.3) is 5.91 Å². The molecule has 0 unspecified atom stereocenters. The fourth-order valence-corrected chi connectivity index (χ4v) is 1.05. The highest BCUT2D eigenvalue weighted by Gasteiger charge is 2.14. The molecule has 0 saturated carbocycles. The highest BCUT2D eigenvalue weighted by molar-refractivity contribution is 5.93. The molecule has 0 aromatic carbocycles. The van der Waals surface area contributed by atoms with E-state index >= 15 is 0 Å². The Balaban J connectivity index is 0.00000225. The maximum atomic E-state index is 11.6. The number of nitrogens with one attached hydrogen (secondary N) is 1. The third-order valence-corrected chi connectivity index (χ3v) is 1.90. The van der Waals surface area contributed by atoms with E-state index in [1.54, 1.807) is 6.07 Å². The van der Waals surface area contributed by atoms with Crippen molar-refractivity contribution in [2.24, 2.45) is 11.1 Å². The topological polar surface area (TPSA) is 68.3 Å². The minimum atomic E-state index is -0.117. The zero-order valence-corrected chi connectivity index (χ0v) is 10.7. The van der Waals surface area contributed by atoms with Crippen LogP contribution in [0.2, 0.25) is 0 Å². The van der Waals surface area contributed by atoms with Gasteiger partial charge in [0, 0.05) is 6.54 Å². The number of amides is 1. The van der Waals surface area contributed by atoms with Crippen LogP contribution in [0.4, 0.5) is 0 Å². The predicted molar refractivity (Wildman–Crippen MR) is 65.6 cm³/mol. The molecule has 1 aromatic heterocycles. The van der Waals surface area contributed by atoms with Crippen molar-refractivity contribution in [1.82, 2.24) is 5.32 Å². The van der Waals surface area contributed by atoms with Crippen LogP contribution in [0.15, 0.2) is 16.7 Å². The van der Waals surface area contributed by atoms with E-state index in [0.29, 0.717) is 24.4 Å². The molecule has 0 saturated heterocycles. The monoisotopic (exact) mass is 246 g/mol. The van der Waals surface area contributed by atoms with Crippen LogP contribution in [0.25, 0.3) is 0 Å². The first-order valence-corrected chi connectivity index (χ1v) is 4.98. The third-order valence-electron chi connectivity index (χ3n) is 1.90. The molecule has 1 aromatic rings. The van der Waals surface area contributed by atoms with Gasteiger partial charge in [-0.2, -0.15) is 0 Å². The lowest BCUT2D eigenvalue weighted by molar-refractivity contribution is 0.0938. The molecule has 0 bridgehead atoms. The molecule has 0 fully saturated rings. The van der Waals surface area contributed by atoms with Crippen LogP contribution in [0.5, 0.6) is 0 Å². The first kappa shape index (κ1) is 15.0. The Morgan fingerprint density at radius 3 is 2.56 bits per heavy atom. The Bertz CT molecular complexity index is 342. The number of carbonyl (C=O) groups is 1. The van der Waals surface area contributed by atoms with Gasteiger partial charge in [-0.15, -0.1) is 12.4 Å². The Morgan fingerprint density at radius 2 is 2.12 bits per heavy atom. The highest BCUT2D eigenvalue weighted by Crippen LogP contribution is 2.12. The molecule has 1 heterocycles. The molecule has 1 rings (SSSR count). The van der Waals surface area contributed by atoms with Gasteiger partial charge in [-0.3, -0.25) is 4.79 Å². The van der Waals surface area contributed by atoms with E-state index in [9.17, 15) is 4.79 Å². The Kier molecular flexibility index (Phi) is 5.55. The Hall–Kier alpha value is -1.00. The van der Waals surface area contributed by atoms with Gasteiger partial charge in [0.05, 0.1) is 12.1 Å². The van der Waals surface area contributed by atoms with E-state index in [1.807, 2.05) is 0 Å². The summed E-state index contributed by atoms with van der Waals surface area (Å²) in [5.74, 6) is 0.504. The zero-order chi connectivity index (χ0) is 11.5. The number of halogens is 1. The zero-order valence-electron chi connectivity index (χ0n) is 9.87. The molecule has 0 aliphatic carbocycles. The maximum absolute atomic E-state index is 11.6. The second kappa shape index (κ2) is 5.92. The van der Waals surface area contributed by atoms with Crippen molar-refractivity contribution in [3.63, 3.8) is 0 Å². The largest absolute Gasteiger partial charge is 0.467 e. The molecule has 4 nitrogen and oxygen atoms in total. The summed E-state index contributed by atoms with van der Waals surface area (Å²) in [6, 6.07) is 1.66. The first-order valence-electron chi connectivity index (χ1n) is 4.98. The summed E-state index contributed by atoms with van der Waals surface area (Å²) in [6.07, 6.45) is 1.43. The van der Waals surface area contributed by atoms with Gasteiger partial charge in [-0.1, -0.05) is 20.8 Å². The normalized spacial score (nSPS) is 10.8. The van der Waals surface area contributed by atoms with Crippen LogP contribution in [-0.4, -0.2) is 12.5 Å². The lowest BCUT2D eigenvalue weighted by Crippen LogP contribution is -2.31. The molecule has 0 aliphatic heterocycles. The van der Waals surface area contributed by atoms with Gasteiger partial charge in [0.15, 0.2) is 0 Å². The fourth-order valence-electron chi connectivity index (χ4n) is 1.05. The summed E-state index contributed by atoms with van der Waals surface area (Å²) < 4.78 is 5.08. The smallest absolute Gasteiger partial charge is 0.254 e. The molecule has 5 heteroatoms. The minimum Gasteiger partial charge on any atom is -0.467 e. The molecule has 1 amide bonds. The number of hydrogen-bond acceptors (Lipinski definition) is 3. The van der Waals surface area contributed by atoms with Crippen LogP contribution in [-0.2, 0) is 6.54 Å². The van der Waals surface area contributed by atoms with Crippen molar-refractivity contribution < 1.29 is 9.21 Å². The second-order valence-corrected chi connectivity index (χ2v) is 4.75. The quantitative estimate of drug-likeness (QED) is 0.857. The number of carbonyl (C=O) groups excluding carboxylic acids is 1. The van der Waals surface area contributed by atoms with Gasteiger partial charge in [0.1, 0.15) is 12.0 Å². The summed E-state index contributed by atoms with van der Waals surface area (Å²) >= 11 is 0.